The molecule has 2 heterocycles. The maximum atomic E-state index is 13.0. The first-order chi connectivity index (χ1) is 12.3. The summed E-state index contributed by atoms with van der Waals surface area (Å²) in [7, 11) is 0. The van der Waals surface area contributed by atoms with Crippen molar-refractivity contribution in [1.82, 2.24) is 9.88 Å². The Labute approximate surface area is 146 Å². The van der Waals surface area contributed by atoms with E-state index in [0.29, 0.717) is 31.9 Å². The molecule has 5 heteroatoms. The second-order valence-corrected chi connectivity index (χ2v) is 5.96. The molecule has 5 nitrogen and oxygen atoms in total. The van der Waals surface area contributed by atoms with Crippen molar-refractivity contribution in [2.75, 3.05) is 31.6 Å². The minimum absolute atomic E-state index is 0.0139. The average Bonchev–Trinajstić information content (AvgIpc) is 2.69. The van der Waals surface area contributed by atoms with Gasteiger partial charge in [-0.25, -0.2) is 0 Å². The lowest BCUT2D eigenvalue weighted by Crippen LogP contribution is -2.41. The molecule has 0 radical (unpaired) electrons. The summed E-state index contributed by atoms with van der Waals surface area (Å²) < 4.78 is 5.36. The van der Waals surface area contributed by atoms with E-state index < -0.39 is 0 Å². The maximum absolute atomic E-state index is 13.0. The lowest BCUT2D eigenvalue weighted by Gasteiger charge is -2.27. The number of amides is 1. The summed E-state index contributed by atoms with van der Waals surface area (Å²) in [5, 5.41) is 4.35. The molecule has 0 aliphatic carbocycles. The van der Waals surface area contributed by atoms with Gasteiger partial charge in [0.15, 0.2) is 0 Å². The van der Waals surface area contributed by atoms with Crippen LogP contribution in [0, 0.1) is 0 Å². The Morgan fingerprint density at radius 1 is 1.00 bits per heavy atom. The summed E-state index contributed by atoms with van der Waals surface area (Å²) in [6, 6.07) is 17.7. The topological polar surface area (TPSA) is 54.5 Å². The zero-order valence-corrected chi connectivity index (χ0v) is 13.8. The van der Waals surface area contributed by atoms with Gasteiger partial charge in [-0.1, -0.05) is 36.4 Å². The first-order valence-electron chi connectivity index (χ1n) is 8.40. The Balaban J connectivity index is 1.80. The van der Waals surface area contributed by atoms with Gasteiger partial charge < -0.3 is 15.0 Å². The number of benzene rings is 2. The predicted octanol–water partition coefficient (Wildman–Crippen LogP) is 3.45. The van der Waals surface area contributed by atoms with Crippen LogP contribution in [0.2, 0.25) is 0 Å². The molecule has 1 N–H and O–H groups in total. The zero-order chi connectivity index (χ0) is 17.1. The molecule has 1 fully saturated rings. The van der Waals surface area contributed by atoms with Crippen molar-refractivity contribution in [2.24, 2.45) is 0 Å². The fraction of sp³-hybridized carbons (Fsp3) is 0.200. The Morgan fingerprint density at radius 2 is 1.72 bits per heavy atom. The highest BCUT2D eigenvalue weighted by molar-refractivity contribution is 6.08. The number of hydrogen-bond donors (Lipinski definition) is 1. The minimum Gasteiger partial charge on any atom is -0.378 e. The summed E-state index contributed by atoms with van der Waals surface area (Å²) in [5.41, 5.74) is 3.19. The number of fused-ring (bicyclic) bond motifs is 1. The molecule has 2 aromatic carbocycles. The monoisotopic (exact) mass is 333 g/mol. The summed E-state index contributed by atoms with van der Waals surface area (Å²) in [5.74, 6) is -0.0139. The third kappa shape index (κ3) is 3.19. The number of anilines is 2. The largest absolute Gasteiger partial charge is 0.378 e. The van der Waals surface area contributed by atoms with E-state index in [9.17, 15) is 4.79 Å². The molecule has 126 valence electrons. The predicted molar refractivity (Wildman–Crippen MR) is 98.2 cm³/mol. The molecule has 3 aromatic rings. The van der Waals surface area contributed by atoms with Gasteiger partial charge in [-0.05, 0) is 18.2 Å². The number of carbonyl (C=O) groups is 1. The fourth-order valence-corrected chi connectivity index (χ4v) is 3.04. The van der Waals surface area contributed by atoms with E-state index in [1.807, 2.05) is 59.5 Å². The third-order valence-corrected chi connectivity index (χ3v) is 4.35. The molecule has 0 bridgehead atoms. The SMILES string of the molecule is O=C(c1cnc2ccccc2c1Nc1ccccc1)N1CCOCC1. The van der Waals surface area contributed by atoms with Gasteiger partial charge in [-0.3, -0.25) is 9.78 Å². The molecule has 4 rings (SSSR count). The van der Waals surface area contributed by atoms with Crippen LogP contribution in [0.4, 0.5) is 11.4 Å². The van der Waals surface area contributed by atoms with Crippen LogP contribution in [0.15, 0.2) is 60.8 Å². The van der Waals surface area contributed by atoms with Crippen LogP contribution in [-0.4, -0.2) is 42.1 Å². The summed E-state index contributed by atoms with van der Waals surface area (Å²) in [6.07, 6.45) is 1.67. The number of para-hydroxylation sites is 2. The zero-order valence-electron chi connectivity index (χ0n) is 13.8. The molecule has 1 amide bonds. The van der Waals surface area contributed by atoms with Crippen molar-refractivity contribution in [2.45, 2.75) is 0 Å². The van der Waals surface area contributed by atoms with Gasteiger partial charge in [0.25, 0.3) is 5.91 Å². The van der Waals surface area contributed by atoms with Crippen molar-refractivity contribution in [3.8, 4) is 0 Å². The highest BCUT2D eigenvalue weighted by Crippen LogP contribution is 2.30. The van der Waals surface area contributed by atoms with Gasteiger partial charge in [-0.2, -0.15) is 0 Å². The van der Waals surface area contributed by atoms with Gasteiger partial charge in [0.05, 0.1) is 30.0 Å². The van der Waals surface area contributed by atoms with Crippen molar-refractivity contribution in [1.29, 1.82) is 0 Å². The number of ether oxygens (including phenoxy) is 1. The average molecular weight is 333 g/mol. The van der Waals surface area contributed by atoms with Crippen LogP contribution in [-0.2, 0) is 4.74 Å². The second-order valence-electron chi connectivity index (χ2n) is 5.96. The van der Waals surface area contributed by atoms with Crippen LogP contribution in [0.1, 0.15) is 10.4 Å². The molecule has 1 aliphatic heterocycles. The maximum Gasteiger partial charge on any atom is 0.257 e. The Kier molecular flexibility index (Phi) is 4.31. The van der Waals surface area contributed by atoms with Crippen LogP contribution in [0.5, 0.6) is 0 Å². The summed E-state index contributed by atoms with van der Waals surface area (Å²) >= 11 is 0. The van der Waals surface area contributed by atoms with Crippen molar-refractivity contribution in [3.63, 3.8) is 0 Å². The smallest absolute Gasteiger partial charge is 0.257 e. The highest BCUT2D eigenvalue weighted by atomic mass is 16.5. The fourth-order valence-electron chi connectivity index (χ4n) is 3.04. The number of carbonyl (C=O) groups excluding carboxylic acids is 1. The Morgan fingerprint density at radius 3 is 2.52 bits per heavy atom. The van der Waals surface area contributed by atoms with E-state index in [0.717, 1.165) is 22.3 Å². The number of aromatic nitrogens is 1. The second kappa shape index (κ2) is 6.91. The molecule has 1 aromatic heterocycles. The van der Waals surface area contributed by atoms with Gasteiger partial charge in [-0.15, -0.1) is 0 Å². The molecule has 0 spiro atoms. The summed E-state index contributed by atoms with van der Waals surface area (Å²) in [4.78, 5) is 19.4. The number of nitrogens with one attached hydrogen (secondary N) is 1. The van der Waals surface area contributed by atoms with Crippen LogP contribution in [0.3, 0.4) is 0 Å². The van der Waals surface area contributed by atoms with E-state index in [4.69, 9.17) is 4.74 Å². The molecule has 0 atom stereocenters. The number of pyridine rings is 1. The molecular weight excluding hydrogens is 314 g/mol. The minimum atomic E-state index is -0.0139. The van der Waals surface area contributed by atoms with Gasteiger partial charge >= 0.3 is 0 Å². The number of hydrogen-bond acceptors (Lipinski definition) is 4. The van der Waals surface area contributed by atoms with Gasteiger partial charge in [0.2, 0.25) is 0 Å². The van der Waals surface area contributed by atoms with E-state index >= 15 is 0 Å². The van der Waals surface area contributed by atoms with Crippen molar-refractivity contribution in [3.05, 3.63) is 66.4 Å². The summed E-state index contributed by atoms with van der Waals surface area (Å²) in [6.45, 7) is 2.37. The number of rotatable bonds is 3. The molecular formula is C20H19N3O2. The molecule has 1 aliphatic rings. The number of nitrogens with zero attached hydrogens (tertiary/aromatic N) is 2. The lowest BCUT2D eigenvalue weighted by atomic mass is 10.1. The van der Waals surface area contributed by atoms with Crippen molar-refractivity contribution < 1.29 is 9.53 Å². The number of morpholine rings is 1. The first-order valence-corrected chi connectivity index (χ1v) is 8.40. The van der Waals surface area contributed by atoms with E-state index in [1.165, 1.54) is 0 Å². The highest BCUT2D eigenvalue weighted by Gasteiger charge is 2.23. The van der Waals surface area contributed by atoms with Gasteiger partial charge in [0.1, 0.15) is 0 Å². The van der Waals surface area contributed by atoms with E-state index in [2.05, 4.69) is 10.3 Å². The Bertz CT molecular complexity index is 890. The quantitative estimate of drug-likeness (QED) is 0.798. The lowest BCUT2D eigenvalue weighted by molar-refractivity contribution is 0.0303. The first kappa shape index (κ1) is 15.6. The third-order valence-electron chi connectivity index (χ3n) is 4.35. The molecule has 1 saturated heterocycles. The van der Waals surface area contributed by atoms with E-state index in [1.54, 1.807) is 6.20 Å². The standard InChI is InChI=1S/C20H19N3O2/c24-20(23-10-12-25-13-11-23)17-14-21-18-9-5-4-8-16(18)19(17)22-15-6-2-1-3-7-15/h1-9,14H,10-13H2,(H,21,22). The molecule has 0 unspecified atom stereocenters. The normalized spacial score (nSPS) is 14.5. The molecule has 25 heavy (non-hydrogen) atoms. The van der Waals surface area contributed by atoms with Crippen molar-refractivity contribution >= 4 is 28.2 Å². The Hall–Kier alpha value is -2.92. The van der Waals surface area contributed by atoms with Crippen LogP contribution in [0.25, 0.3) is 10.9 Å². The van der Waals surface area contributed by atoms with Gasteiger partial charge in [0, 0.05) is 30.4 Å². The van der Waals surface area contributed by atoms with Crippen LogP contribution < -0.4 is 5.32 Å². The van der Waals surface area contributed by atoms with Crippen LogP contribution >= 0.6 is 0 Å². The molecule has 0 saturated carbocycles. The van der Waals surface area contributed by atoms with E-state index in [-0.39, 0.29) is 5.91 Å².